The number of aromatic nitrogens is 2. The Morgan fingerprint density at radius 3 is 2.61 bits per heavy atom. The van der Waals surface area contributed by atoms with Gasteiger partial charge in [-0.3, -0.25) is 0 Å². The summed E-state index contributed by atoms with van der Waals surface area (Å²) in [6.45, 7) is 4.78. The quantitative estimate of drug-likeness (QED) is 0.806. The van der Waals surface area contributed by atoms with Crippen molar-refractivity contribution in [2.45, 2.75) is 31.4 Å². The van der Waals surface area contributed by atoms with Gasteiger partial charge < -0.3 is 11.1 Å². The Bertz CT molecular complexity index is 483. The predicted molar refractivity (Wildman–Crippen MR) is 81.4 cm³/mol. The predicted octanol–water partition coefficient (Wildman–Crippen LogP) is 2.04. The number of thioether (sulfide) groups is 1. The molecule has 3 N–H and O–H groups in total. The van der Waals surface area contributed by atoms with E-state index in [-0.39, 0.29) is 0 Å². The SMILES string of the molecule is CSC1(CNc2nnc(C)c(C)c2C(N)=S)CC1. The Labute approximate surface area is 117 Å². The molecule has 1 aliphatic rings. The molecule has 0 unspecified atom stereocenters. The van der Waals surface area contributed by atoms with E-state index in [9.17, 15) is 0 Å². The van der Waals surface area contributed by atoms with E-state index in [1.807, 2.05) is 25.6 Å². The van der Waals surface area contributed by atoms with E-state index in [0.29, 0.717) is 15.6 Å². The maximum atomic E-state index is 5.79. The van der Waals surface area contributed by atoms with Gasteiger partial charge in [-0.2, -0.15) is 16.9 Å². The minimum absolute atomic E-state index is 0.369. The highest BCUT2D eigenvalue weighted by atomic mass is 32.2. The van der Waals surface area contributed by atoms with Crippen molar-refractivity contribution in [2.24, 2.45) is 5.73 Å². The number of aryl methyl sites for hydroxylation is 1. The second kappa shape index (κ2) is 5.01. The molecule has 0 radical (unpaired) electrons. The second-order valence-electron chi connectivity index (χ2n) is 4.74. The Kier molecular flexibility index (Phi) is 3.77. The summed E-state index contributed by atoms with van der Waals surface area (Å²) in [6, 6.07) is 0. The van der Waals surface area contributed by atoms with Crippen LogP contribution in [0.2, 0.25) is 0 Å². The number of hydrogen-bond donors (Lipinski definition) is 2. The molecular formula is C12H18N4S2. The highest BCUT2D eigenvalue weighted by molar-refractivity contribution is 8.00. The van der Waals surface area contributed by atoms with Crippen LogP contribution in [-0.4, -0.2) is 32.7 Å². The molecule has 2 rings (SSSR count). The monoisotopic (exact) mass is 282 g/mol. The van der Waals surface area contributed by atoms with E-state index in [1.54, 1.807) is 0 Å². The van der Waals surface area contributed by atoms with Crippen LogP contribution in [0.3, 0.4) is 0 Å². The van der Waals surface area contributed by atoms with Crippen LogP contribution in [0.25, 0.3) is 0 Å². The zero-order valence-electron chi connectivity index (χ0n) is 10.9. The summed E-state index contributed by atoms with van der Waals surface area (Å²) in [6.07, 6.45) is 4.65. The summed E-state index contributed by atoms with van der Waals surface area (Å²) in [7, 11) is 0. The van der Waals surface area contributed by atoms with Crippen LogP contribution >= 0.6 is 24.0 Å². The van der Waals surface area contributed by atoms with Crippen molar-refractivity contribution in [3.63, 3.8) is 0 Å². The van der Waals surface area contributed by atoms with Crippen LogP contribution in [0.15, 0.2) is 0 Å². The smallest absolute Gasteiger partial charge is 0.159 e. The molecule has 0 atom stereocenters. The van der Waals surface area contributed by atoms with Gasteiger partial charge in [0.2, 0.25) is 0 Å². The van der Waals surface area contributed by atoms with Gasteiger partial charge in [-0.15, -0.1) is 5.10 Å². The minimum Gasteiger partial charge on any atom is -0.389 e. The molecule has 0 aliphatic heterocycles. The molecule has 4 nitrogen and oxygen atoms in total. The lowest BCUT2D eigenvalue weighted by Gasteiger charge is -2.16. The third-order valence-corrected chi connectivity index (χ3v) is 5.14. The Hall–Kier alpha value is -0.880. The molecule has 98 valence electrons. The molecule has 0 amide bonds. The number of hydrogen-bond acceptors (Lipinski definition) is 5. The first-order valence-corrected chi connectivity index (χ1v) is 7.55. The maximum absolute atomic E-state index is 5.79. The fraction of sp³-hybridized carbons (Fsp3) is 0.583. The van der Waals surface area contributed by atoms with E-state index in [2.05, 4.69) is 21.8 Å². The number of nitrogens with two attached hydrogens (primary N) is 1. The lowest BCUT2D eigenvalue weighted by molar-refractivity contribution is 0.903. The summed E-state index contributed by atoms with van der Waals surface area (Å²) in [5.41, 5.74) is 8.50. The Morgan fingerprint density at radius 1 is 1.44 bits per heavy atom. The summed E-state index contributed by atoms with van der Waals surface area (Å²) in [5, 5.41) is 11.7. The number of thiocarbonyl (C=S) groups is 1. The lowest BCUT2D eigenvalue weighted by atomic mass is 10.1. The highest BCUT2D eigenvalue weighted by Gasteiger charge is 2.41. The summed E-state index contributed by atoms with van der Waals surface area (Å²) < 4.78 is 0.369. The molecule has 6 heteroatoms. The minimum atomic E-state index is 0.369. The van der Waals surface area contributed by atoms with Crippen LogP contribution in [0, 0.1) is 13.8 Å². The molecule has 0 spiro atoms. The summed E-state index contributed by atoms with van der Waals surface area (Å²) in [5.74, 6) is 0.714. The zero-order chi connectivity index (χ0) is 13.3. The van der Waals surface area contributed by atoms with E-state index in [0.717, 1.165) is 23.4 Å². The average molecular weight is 282 g/mol. The molecule has 0 aromatic carbocycles. The third-order valence-electron chi connectivity index (χ3n) is 3.52. The van der Waals surface area contributed by atoms with Gasteiger partial charge in [0.1, 0.15) is 4.99 Å². The first kappa shape index (κ1) is 13.5. The van der Waals surface area contributed by atoms with Crippen molar-refractivity contribution >= 4 is 34.8 Å². The van der Waals surface area contributed by atoms with Crippen molar-refractivity contribution in [1.82, 2.24) is 10.2 Å². The number of nitrogens with one attached hydrogen (secondary N) is 1. The maximum Gasteiger partial charge on any atom is 0.159 e. The van der Waals surface area contributed by atoms with Crippen molar-refractivity contribution in [3.8, 4) is 0 Å². The van der Waals surface area contributed by atoms with Crippen molar-refractivity contribution < 1.29 is 0 Å². The first-order valence-electron chi connectivity index (χ1n) is 5.92. The van der Waals surface area contributed by atoms with Gasteiger partial charge >= 0.3 is 0 Å². The van der Waals surface area contributed by atoms with Gasteiger partial charge in [-0.05, 0) is 38.5 Å². The molecule has 0 saturated heterocycles. The molecule has 1 aliphatic carbocycles. The highest BCUT2D eigenvalue weighted by Crippen LogP contribution is 2.47. The molecule has 18 heavy (non-hydrogen) atoms. The molecular weight excluding hydrogens is 264 g/mol. The van der Waals surface area contributed by atoms with Gasteiger partial charge in [-0.25, -0.2) is 0 Å². The second-order valence-corrected chi connectivity index (χ2v) is 6.45. The normalized spacial score (nSPS) is 16.4. The number of nitrogens with zero attached hydrogens (tertiary/aromatic N) is 2. The topological polar surface area (TPSA) is 63.8 Å². The first-order chi connectivity index (χ1) is 8.49. The Balaban J connectivity index is 2.22. The number of rotatable bonds is 5. The van der Waals surface area contributed by atoms with E-state index >= 15 is 0 Å². The lowest BCUT2D eigenvalue weighted by Crippen LogP contribution is -2.23. The zero-order valence-corrected chi connectivity index (χ0v) is 12.5. The molecule has 0 bridgehead atoms. The average Bonchev–Trinajstić information content (AvgIpc) is 3.11. The standard InChI is InChI=1S/C12H18N4S2/c1-7-8(2)15-16-11(9(7)10(13)17)14-6-12(18-3)4-5-12/h4-6H2,1-3H3,(H2,13,17)(H,14,16). The Morgan fingerprint density at radius 2 is 2.11 bits per heavy atom. The van der Waals surface area contributed by atoms with Gasteiger partial charge in [0.05, 0.1) is 11.3 Å². The van der Waals surface area contributed by atoms with Crippen molar-refractivity contribution in [1.29, 1.82) is 0 Å². The largest absolute Gasteiger partial charge is 0.389 e. The molecule has 1 heterocycles. The fourth-order valence-corrected chi connectivity index (χ4v) is 2.85. The molecule has 1 saturated carbocycles. The van der Waals surface area contributed by atoms with Gasteiger partial charge in [0.15, 0.2) is 5.82 Å². The van der Waals surface area contributed by atoms with E-state index in [1.165, 1.54) is 12.8 Å². The van der Waals surface area contributed by atoms with Gasteiger partial charge in [0, 0.05) is 11.3 Å². The number of anilines is 1. The van der Waals surface area contributed by atoms with E-state index in [4.69, 9.17) is 18.0 Å². The van der Waals surface area contributed by atoms with Crippen molar-refractivity contribution in [2.75, 3.05) is 18.1 Å². The third kappa shape index (κ3) is 2.59. The van der Waals surface area contributed by atoms with Gasteiger partial charge in [-0.1, -0.05) is 12.2 Å². The van der Waals surface area contributed by atoms with Crippen LogP contribution < -0.4 is 11.1 Å². The summed E-state index contributed by atoms with van der Waals surface area (Å²) >= 11 is 7.02. The fourth-order valence-electron chi connectivity index (χ4n) is 1.87. The molecule has 1 fully saturated rings. The van der Waals surface area contributed by atoms with Crippen LogP contribution in [0.1, 0.15) is 29.7 Å². The van der Waals surface area contributed by atoms with Gasteiger partial charge in [0.25, 0.3) is 0 Å². The summed E-state index contributed by atoms with van der Waals surface area (Å²) in [4.78, 5) is 0.377. The molecule has 1 aromatic rings. The van der Waals surface area contributed by atoms with Crippen LogP contribution in [-0.2, 0) is 0 Å². The molecule has 1 aromatic heterocycles. The van der Waals surface area contributed by atoms with Crippen LogP contribution in [0.4, 0.5) is 5.82 Å². The van der Waals surface area contributed by atoms with Crippen molar-refractivity contribution in [3.05, 3.63) is 16.8 Å². The van der Waals surface area contributed by atoms with E-state index < -0.39 is 0 Å². The van der Waals surface area contributed by atoms with Crippen LogP contribution in [0.5, 0.6) is 0 Å².